The van der Waals surface area contributed by atoms with Gasteiger partial charge in [-0.15, -0.1) is 0 Å². The summed E-state index contributed by atoms with van der Waals surface area (Å²) in [5, 5.41) is 9.13. The van der Waals surface area contributed by atoms with Crippen molar-refractivity contribution in [3.05, 3.63) is 23.8 Å². The third-order valence-corrected chi connectivity index (χ3v) is 2.08. The maximum absolute atomic E-state index is 11.2. The van der Waals surface area contributed by atoms with Gasteiger partial charge < -0.3 is 5.11 Å². The van der Waals surface area contributed by atoms with Crippen LogP contribution in [0.5, 0.6) is 0 Å². The van der Waals surface area contributed by atoms with E-state index in [1.807, 2.05) is 13.0 Å². The van der Waals surface area contributed by atoms with Crippen molar-refractivity contribution in [3.63, 3.8) is 0 Å². The van der Waals surface area contributed by atoms with Gasteiger partial charge in [-0.2, -0.15) is 0 Å². The molecule has 0 saturated carbocycles. The first-order valence-electron chi connectivity index (χ1n) is 4.20. The lowest BCUT2D eigenvalue weighted by Gasteiger charge is -2.17. The van der Waals surface area contributed by atoms with Crippen LogP contribution < -0.4 is 0 Å². The Kier molecular flexibility index (Phi) is 2.82. The Morgan fingerprint density at radius 1 is 1.67 bits per heavy atom. The van der Waals surface area contributed by atoms with Crippen LogP contribution in [0.1, 0.15) is 20.3 Å². The van der Waals surface area contributed by atoms with E-state index in [1.54, 1.807) is 19.1 Å². The quantitative estimate of drug-likeness (QED) is 0.674. The van der Waals surface area contributed by atoms with Gasteiger partial charge in [0, 0.05) is 5.92 Å². The summed E-state index contributed by atoms with van der Waals surface area (Å²) in [6, 6.07) is 0. The van der Waals surface area contributed by atoms with Crippen LogP contribution in [0.3, 0.4) is 0 Å². The monoisotopic (exact) mass is 166 g/mol. The number of allylic oxidation sites excluding steroid dienone is 3. The van der Waals surface area contributed by atoms with Crippen LogP contribution in [0.15, 0.2) is 23.8 Å². The first-order valence-corrected chi connectivity index (χ1v) is 4.20. The Bertz CT molecular complexity index is 236. The number of aliphatic hydroxyl groups excluding tert-OH is 1. The molecule has 12 heavy (non-hydrogen) atoms. The predicted octanol–water partition coefficient (Wildman–Crippen LogP) is 1.46. The van der Waals surface area contributed by atoms with E-state index in [-0.39, 0.29) is 17.8 Å². The van der Waals surface area contributed by atoms with Crippen LogP contribution in [0.2, 0.25) is 0 Å². The number of hydrogen-bond acceptors (Lipinski definition) is 2. The highest BCUT2D eigenvalue weighted by molar-refractivity contribution is 5.95. The van der Waals surface area contributed by atoms with Gasteiger partial charge in [-0.1, -0.05) is 24.6 Å². The zero-order valence-electron chi connectivity index (χ0n) is 7.45. The third kappa shape index (κ3) is 2.05. The molecule has 0 aromatic heterocycles. The van der Waals surface area contributed by atoms with E-state index in [2.05, 4.69) is 0 Å². The minimum Gasteiger partial charge on any atom is -0.393 e. The number of rotatable bonds is 2. The van der Waals surface area contributed by atoms with Crippen LogP contribution in [0.25, 0.3) is 0 Å². The van der Waals surface area contributed by atoms with E-state index in [0.29, 0.717) is 6.42 Å². The van der Waals surface area contributed by atoms with Crippen LogP contribution in [0, 0.1) is 5.92 Å². The first-order chi connectivity index (χ1) is 5.61. The molecule has 0 heterocycles. The molecule has 2 unspecified atom stereocenters. The molecule has 1 aliphatic carbocycles. The fourth-order valence-corrected chi connectivity index (χ4v) is 1.32. The van der Waals surface area contributed by atoms with E-state index in [4.69, 9.17) is 5.11 Å². The molecule has 0 bridgehead atoms. The molecule has 0 radical (unpaired) electrons. The number of ketones is 1. The van der Waals surface area contributed by atoms with E-state index in [9.17, 15) is 4.79 Å². The van der Waals surface area contributed by atoms with Crippen molar-refractivity contribution < 1.29 is 9.90 Å². The fraction of sp³-hybridized carbons (Fsp3) is 0.500. The van der Waals surface area contributed by atoms with E-state index < -0.39 is 0 Å². The molecule has 1 N–H and O–H groups in total. The van der Waals surface area contributed by atoms with Gasteiger partial charge >= 0.3 is 0 Å². The topological polar surface area (TPSA) is 37.3 Å². The smallest absolute Gasteiger partial charge is 0.162 e. The molecule has 0 aliphatic heterocycles. The van der Waals surface area contributed by atoms with Crippen molar-refractivity contribution in [2.75, 3.05) is 0 Å². The van der Waals surface area contributed by atoms with Gasteiger partial charge in [-0.25, -0.2) is 0 Å². The Balaban J connectivity index is 2.69. The molecule has 2 atom stereocenters. The average Bonchev–Trinajstić information content (AvgIpc) is 1.98. The van der Waals surface area contributed by atoms with Gasteiger partial charge in [0.2, 0.25) is 0 Å². The molecular formula is C10H14O2. The average molecular weight is 166 g/mol. The van der Waals surface area contributed by atoms with Crippen LogP contribution >= 0.6 is 0 Å². The molecule has 0 aromatic carbocycles. The van der Waals surface area contributed by atoms with Gasteiger partial charge in [0.05, 0.1) is 6.10 Å². The first kappa shape index (κ1) is 9.20. The Morgan fingerprint density at radius 3 is 2.92 bits per heavy atom. The molecule has 2 nitrogen and oxygen atoms in total. The highest BCUT2D eigenvalue weighted by Gasteiger charge is 2.18. The van der Waals surface area contributed by atoms with Gasteiger partial charge in [0.1, 0.15) is 0 Å². The second-order valence-corrected chi connectivity index (χ2v) is 3.28. The maximum atomic E-state index is 11.2. The molecular weight excluding hydrogens is 152 g/mol. The second-order valence-electron chi connectivity index (χ2n) is 3.28. The lowest BCUT2D eigenvalue weighted by molar-refractivity contribution is -0.116. The predicted molar refractivity (Wildman–Crippen MR) is 47.7 cm³/mol. The van der Waals surface area contributed by atoms with Gasteiger partial charge in [0.25, 0.3) is 0 Å². The van der Waals surface area contributed by atoms with Gasteiger partial charge in [-0.05, 0) is 19.4 Å². The molecule has 0 fully saturated rings. The van der Waals surface area contributed by atoms with Gasteiger partial charge in [0.15, 0.2) is 5.78 Å². The Labute approximate surface area is 72.6 Å². The summed E-state index contributed by atoms with van der Waals surface area (Å²) in [5.74, 6) is 0.0812. The van der Waals surface area contributed by atoms with Crippen molar-refractivity contribution in [2.45, 2.75) is 26.4 Å². The van der Waals surface area contributed by atoms with Crippen LogP contribution in [0.4, 0.5) is 0 Å². The Hall–Kier alpha value is -0.890. The summed E-state index contributed by atoms with van der Waals surface area (Å²) in [4.78, 5) is 11.2. The summed E-state index contributed by atoms with van der Waals surface area (Å²) >= 11 is 0. The van der Waals surface area contributed by atoms with E-state index in [1.165, 1.54) is 0 Å². The molecule has 66 valence electrons. The summed E-state index contributed by atoms with van der Waals surface area (Å²) in [6.07, 6.45) is 5.48. The highest BCUT2D eigenvalue weighted by Crippen LogP contribution is 2.21. The number of carbonyl (C=O) groups excluding carboxylic acids is 1. The molecule has 0 saturated heterocycles. The molecule has 1 rings (SSSR count). The molecule has 0 aromatic rings. The van der Waals surface area contributed by atoms with E-state index in [0.717, 1.165) is 5.57 Å². The molecule has 0 amide bonds. The number of hydrogen-bond donors (Lipinski definition) is 1. The van der Waals surface area contributed by atoms with Gasteiger partial charge in [-0.3, -0.25) is 4.79 Å². The van der Waals surface area contributed by atoms with Crippen LogP contribution in [-0.2, 0) is 4.79 Å². The summed E-state index contributed by atoms with van der Waals surface area (Å²) in [5.41, 5.74) is 1.03. The zero-order valence-corrected chi connectivity index (χ0v) is 7.45. The lowest BCUT2D eigenvalue weighted by Crippen LogP contribution is -2.16. The minimum absolute atomic E-state index is 0.0513. The normalized spacial score (nSPS) is 25.4. The summed E-state index contributed by atoms with van der Waals surface area (Å²) in [6.45, 7) is 3.61. The fourth-order valence-electron chi connectivity index (χ4n) is 1.32. The largest absolute Gasteiger partial charge is 0.393 e. The summed E-state index contributed by atoms with van der Waals surface area (Å²) in [7, 11) is 0. The number of aliphatic hydroxyl groups is 1. The minimum atomic E-state index is -0.363. The number of carbonyl (C=O) groups is 1. The SMILES string of the molecule is CC(O)CC1=CC=CC(=O)C1C. The molecule has 0 spiro atoms. The molecule has 2 heteroatoms. The van der Waals surface area contributed by atoms with Crippen molar-refractivity contribution in [1.82, 2.24) is 0 Å². The van der Waals surface area contributed by atoms with Crippen molar-refractivity contribution in [1.29, 1.82) is 0 Å². The lowest BCUT2D eigenvalue weighted by atomic mass is 9.89. The standard InChI is InChI=1S/C10H14O2/c1-7(11)6-9-4-3-5-10(12)8(9)2/h3-5,7-8,11H,6H2,1-2H3. The molecule has 1 aliphatic rings. The third-order valence-electron chi connectivity index (χ3n) is 2.08. The van der Waals surface area contributed by atoms with Crippen LogP contribution in [-0.4, -0.2) is 17.0 Å². The van der Waals surface area contributed by atoms with Crippen molar-refractivity contribution in [3.8, 4) is 0 Å². The van der Waals surface area contributed by atoms with Crippen molar-refractivity contribution in [2.24, 2.45) is 5.92 Å². The van der Waals surface area contributed by atoms with E-state index >= 15 is 0 Å². The maximum Gasteiger partial charge on any atom is 0.162 e. The Morgan fingerprint density at radius 2 is 2.33 bits per heavy atom. The zero-order chi connectivity index (χ0) is 9.14. The van der Waals surface area contributed by atoms with Crippen molar-refractivity contribution >= 4 is 5.78 Å². The summed E-state index contributed by atoms with van der Waals surface area (Å²) < 4.78 is 0. The second kappa shape index (κ2) is 3.68. The highest BCUT2D eigenvalue weighted by atomic mass is 16.3.